The van der Waals surface area contributed by atoms with E-state index in [1.165, 1.54) is 16.7 Å². The molecule has 0 unspecified atom stereocenters. The molecule has 23 heavy (non-hydrogen) atoms. The Morgan fingerprint density at radius 1 is 0.783 bits per heavy atom. The summed E-state index contributed by atoms with van der Waals surface area (Å²) in [5, 5.41) is 0. The Morgan fingerprint density at radius 3 is 2.22 bits per heavy atom. The van der Waals surface area contributed by atoms with Crippen molar-refractivity contribution >= 4 is 11.1 Å². The maximum atomic E-state index is 5.89. The fourth-order valence-electron chi connectivity index (χ4n) is 2.75. The van der Waals surface area contributed by atoms with Crippen LogP contribution in [0, 0.1) is 0 Å². The summed E-state index contributed by atoms with van der Waals surface area (Å²) >= 11 is 0. The minimum absolute atomic E-state index is 0.674. The Kier molecular flexibility index (Phi) is 3.43. The number of benzene rings is 3. The van der Waals surface area contributed by atoms with E-state index >= 15 is 0 Å². The van der Waals surface area contributed by atoms with Crippen LogP contribution in [0.5, 0.6) is 0 Å². The van der Waals surface area contributed by atoms with E-state index in [4.69, 9.17) is 4.42 Å². The quantitative estimate of drug-likeness (QED) is 0.483. The van der Waals surface area contributed by atoms with Crippen molar-refractivity contribution in [3.8, 4) is 22.6 Å². The predicted octanol–water partition coefficient (Wildman–Crippen LogP) is 5.72. The highest BCUT2D eigenvalue weighted by atomic mass is 16.3. The van der Waals surface area contributed by atoms with Gasteiger partial charge in [0, 0.05) is 5.56 Å². The summed E-state index contributed by atoms with van der Waals surface area (Å²) in [6, 6.07) is 24.9. The molecular formula is C21H17NO. The summed E-state index contributed by atoms with van der Waals surface area (Å²) < 4.78 is 5.89. The van der Waals surface area contributed by atoms with Gasteiger partial charge in [-0.2, -0.15) is 0 Å². The van der Waals surface area contributed by atoms with Crippen LogP contribution in [0.2, 0.25) is 0 Å². The SMILES string of the molecule is CCc1ccc2oc(-c3ccc(-c4ccccc4)cc3)nc2c1. The molecule has 0 saturated heterocycles. The lowest BCUT2D eigenvalue weighted by atomic mass is 10.0. The van der Waals surface area contributed by atoms with Crippen LogP contribution in [0.4, 0.5) is 0 Å². The predicted molar refractivity (Wildman–Crippen MR) is 94.3 cm³/mol. The smallest absolute Gasteiger partial charge is 0.227 e. The second-order valence-corrected chi connectivity index (χ2v) is 5.62. The lowest BCUT2D eigenvalue weighted by Gasteiger charge is -2.02. The highest BCUT2D eigenvalue weighted by molar-refractivity contribution is 5.77. The number of hydrogen-bond acceptors (Lipinski definition) is 2. The van der Waals surface area contributed by atoms with Gasteiger partial charge in [-0.1, -0.05) is 55.5 Å². The van der Waals surface area contributed by atoms with Gasteiger partial charge in [-0.3, -0.25) is 0 Å². The molecule has 2 nitrogen and oxygen atoms in total. The van der Waals surface area contributed by atoms with Crippen LogP contribution in [0.3, 0.4) is 0 Å². The zero-order valence-corrected chi connectivity index (χ0v) is 13.0. The van der Waals surface area contributed by atoms with Gasteiger partial charge in [0.05, 0.1) is 0 Å². The Balaban J connectivity index is 1.70. The van der Waals surface area contributed by atoms with Crippen LogP contribution in [-0.2, 0) is 6.42 Å². The van der Waals surface area contributed by atoms with E-state index in [1.54, 1.807) is 0 Å². The molecular weight excluding hydrogens is 282 g/mol. The van der Waals surface area contributed by atoms with Gasteiger partial charge in [0.2, 0.25) is 5.89 Å². The van der Waals surface area contributed by atoms with Crippen molar-refractivity contribution in [2.24, 2.45) is 0 Å². The average Bonchev–Trinajstić information content (AvgIpc) is 3.05. The molecule has 0 aliphatic heterocycles. The van der Waals surface area contributed by atoms with E-state index in [1.807, 2.05) is 12.1 Å². The van der Waals surface area contributed by atoms with E-state index in [0.717, 1.165) is 23.1 Å². The number of oxazole rings is 1. The number of hydrogen-bond donors (Lipinski definition) is 0. The van der Waals surface area contributed by atoms with E-state index < -0.39 is 0 Å². The van der Waals surface area contributed by atoms with Crippen LogP contribution in [0.15, 0.2) is 77.2 Å². The van der Waals surface area contributed by atoms with Crippen molar-refractivity contribution in [2.75, 3.05) is 0 Å². The molecule has 0 aliphatic carbocycles. The lowest BCUT2D eigenvalue weighted by molar-refractivity contribution is 0.620. The topological polar surface area (TPSA) is 26.0 Å². The zero-order valence-electron chi connectivity index (χ0n) is 13.0. The van der Waals surface area contributed by atoms with E-state index in [2.05, 4.69) is 72.6 Å². The van der Waals surface area contributed by atoms with Gasteiger partial charge in [0.25, 0.3) is 0 Å². The Labute approximate surface area is 135 Å². The van der Waals surface area contributed by atoms with Gasteiger partial charge in [0.15, 0.2) is 5.58 Å². The second-order valence-electron chi connectivity index (χ2n) is 5.62. The van der Waals surface area contributed by atoms with Gasteiger partial charge >= 0.3 is 0 Å². The third-order valence-corrected chi connectivity index (χ3v) is 4.10. The van der Waals surface area contributed by atoms with Crippen molar-refractivity contribution in [3.63, 3.8) is 0 Å². The minimum Gasteiger partial charge on any atom is -0.436 e. The van der Waals surface area contributed by atoms with Crippen molar-refractivity contribution in [2.45, 2.75) is 13.3 Å². The van der Waals surface area contributed by atoms with Crippen molar-refractivity contribution in [1.29, 1.82) is 0 Å². The van der Waals surface area contributed by atoms with Crippen LogP contribution >= 0.6 is 0 Å². The fourth-order valence-corrected chi connectivity index (χ4v) is 2.75. The molecule has 0 atom stereocenters. The first-order valence-electron chi connectivity index (χ1n) is 7.89. The van der Waals surface area contributed by atoms with E-state index in [0.29, 0.717) is 5.89 Å². The molecule has 3 aromatic carbocycles. The molecule has 0 spiro atoms. The molecule has 0 amide bonds. The number of aromatic nitrogens is 1. The molecule has 4 aromatic rings. The van der Waals surface area contributed by atoms with Crippen LogP contribution in [-0.4, -0.2) is 4.98 Å². The van der Waals surface area contributed by atoms with Gasteiger partial charge in [-0.05, 0) is 47.4 Å². The van der Waals surface area contributed by atoms with Crippen molar-refractivity contribution < 1.29 is 4.42 Å². The fraction of sp³-hybridized carbons (Fsp3) is 0.0952. The number of fused-ring (bicyclic) bond motifs is 1. The monoisotopic (exact) mass is 299 g/mol. The van der Waals surface area contributed by atoms with E-state index in [-0.39, 0.29) is 0 Å². The second kappa shape index (κ2) is 5.73. The molecule has 0 N–H and O–H groups in total. The molecule has 112 valence electrons. The molecule has 0 radical (unpaired) electrons. The third kappa shape index (κ3) is 2.64. The van der Waals surface area contributed by atoms with Crippen molar-refractivity contribution in [3.05, 3.63) is 78.4 Å². The molecule has 0 fully saturated rings. The molecule has 0 aliphatic rings. The number of nitrogens with zero attached hydrogens (tertiary/aromatic N) is 1. The summed E-state index contributed by atoms with van der Waals surface area (Å²) in [5.74, 6) is 0.674. The largest absolute Gasteiger partial charge is 0.436 e. The van der Waals surface area contributed by atoms with E-state index in [9.17, 15) is 0 Å². The van der Waals surface area contributed by atoms with Gasteiger partial charge in [0.1, 0.15) is 5.52 Å². The first kappa shape index (κ1) is 13.8. The maximum Gasteiger partial charge on any atom is 0.227 e. The molecule has 1 aromatic heterocycles. The highest BCUT2D eigenvalue weighted by Crippen LogP contribution is 2.27. The summed E-state index contributed by atoms with van der Waals surface area (Å²) in [4.78, 5) is 4.63. The summed E-state index contributed by atoms with van der Waals surface area (Å²) in [7, 11) is 0. The molecule has 1 heterocycles. The third-order valence-electron chi connectivity index (χ3n) is 4.10. The first-order valence-corrected chi connectivity index (χ1v) is 7.89. The first-order chi connectivity index (χ1) is 11.3. The standard InChI is InChI=1S/C21H17NO/c1-2-15-8-13-20-19(14-15)22-21(23-20)18-11-9-17(10-12-18)16-6-4-3-5-7-16/h3-14H,2H2,1H3. The highest BCUT2D eigenvalue weighted by Gasteiger charge is 2.09. The Morgan fingerprint density at radius 2 is 1.48 bits per heavy atom. The van der Waals surface area contributed by atoms with Gasteiger partial charge < -0.3 is 4.42 Å². The van der Waals surface area contributed by atoms with Crippen LogP contribution in [0.1, 0.15) is 12.5 Å². The Bertz CT molecular complexity index is 937. The lowest BCUT2D eigenvalue weighted by Crippen LogP contribution is -1.80. The summed E-state index contributed by atoms with van der Waals surface area (Å²) in [6.07, 6.45) is 1.00. The molecule has 0 saturated carbocycles. The minimum atomic E-state index is 0.674. The van der Waals surface area contributed by atoms with Crippen LogP contribution in [0.25, 0.3) is 33.7 Å². The summed E-state index contributed by atoms with van der Waals surface area (Å²) in [6.45, 7) is 2.14. The Hall–Kier alpha value is -2.87. The zero-order chi connectivity index (χ0) is 15.6. The molecule has 0 bridgehead atoms. The molecule has 2 heteroatoms. The summed E-state index contributed by atoms with van der Waals surface area (Å²) in [5.41, 5.74) is 6.44. The van der Waals surface area contributed by atoms with Crippen LogP contribution < -0.4 is 0 Å². The number of rotatable bonds is 3. The normalized spacial score (nSPS) is 11.0. The van der Waals surface area contributed by atoms with Gasteiger partial charge in [-0.15, -0.1) is 0 Å². The maximum absolute atomic E-state index is 5.89. The van der Waals surface area contributed by atoms with Gasteiger partial charge in [-0.25, -0.2) is 4.98 Å². The number of aryl methyl sites for hydroxylation is 1. The van der Waals surface area contributed by atoms with Crippen molar-refractivity contribution in [1.82, 2.24) is 4.98 Å². The average molecular weight is 299 g/mol. The molecule has 4 rings (SSSR count).